The zero-order valence-corrected chi connectivity index (χ0v) is 15.7. The molecule has 1 amide bonds. The van der Waals surface area contributed by atoms with Gasteiger partial charge in [-0.3, -0.25) is 4.79 Å². The highest BCUT2D eigenvalue weighted by molar-refractivity contribution is 7.99. The van der Waals surface area contributed by atoms with Crippen LogP contribution < -0.4 is 16.2 Å². The number of hydrogen-bond donors (Lipinski definition) is 2. The summed E-state index contributed by atoms with van der Waals surface area (Å²) in [5.41, 5.74) is 11.4. The molecule has 2 atom stereocenters. The zero-order chi connectivity index (χ0) is 20.3. The Bertz CT molecular complexity index is 995. The first-order valence-corrected chi connectivity index (χ1v) is 9.66. The molecule has 1 aliphatic carbocycles. The van der Waals surface area contributed by atoms with E-state index in [2.05, 4.69) is 18.2 Å². The SMILES string of the molecule is N#CC1=C(N)C(C#N)(C#N)[C@H](c2cccc(OCC(N)=O)c2)[C@H]2CSCC=C12. The molecular weight excluding hydrogens is 374 g/mol. The van der Waals surface area contributed by atoms with Gasteiger partial charge in [-0.1, -0.05) is 18.2 Å². The number of carbonyl (C=O) groups excluding carboxylic acids is 1. The van der Waals surface area contributed by atoms with Crippen LogP contribution in [0.4, 0.5) is 0 Å². The number of primary amides is 1. The van der Waals surface area contributed by atoms with Crippen molar-refractivity contribution in [2.24, 2.45) is 22.8 Å². The van der Waals surface area contributed by atoms with E-state index in [1.807, 2.05) is 6.08 Å². The predicted octanol–water partition coefficient (Wildman–Crippen LogP) is 1.71. The van der Waals surface area contributed by atoms with Gasteiger partial charge in [0.15, 0.2) is 12.0 Å². The van der Waals surface area contributed by atoms with Crippen molar-refractivity contribution in [3.05, 3.63) is 52.7 Å². The molecule has 0 saturated heterocycles. The maximum Gasteiger partial charge on any atom is 0.255 e. The second kappa shape index (κ2) is 7.68. The number of hydrogen-bond acceptors (Lipinski definition) is 7. The van der Waals surface area contributed by atoms with Crippen LogP contribution in [0.5, 0.6) is 5.75 Å². The predicted molar refractivity (Wildman–Crippen MR) is 103 cm³/mol. The second-order valence-corrected chi connectivity index (χ2v) is 7.62. The highest BCUT2D eigenvalue weighted by Gasteiger charge is 2.53. The Morgan fingerprint density at radius 2 is 2.07 bits per heavy atom. The maximum absolute atomic E-state index is 11.0. The first kappa shape index (κ1) is 19.4. The molecule has 1 heterocycles. The fourth-order valence-electron chi connectivity index (χ4n) is 3.81. The standard InChI is InChI=1S/C20H17N5O2S/c21-7-15-14-4-5-28-9-16(14)18(20(10-22,11-23)19(15)25)12-2-1-3-13(6-12)27-8-17(24)26/h1-4,6,16,18H,5,8-9,25H2,(H2,24,26)/t16-,18+/m0/s1. The van der Waals surface area contributed by atoms with E-state index < -0.39 is 17.2 Å². The van der Waals surface area contributed by atoms with Crippen molar-refractivity contribution in [2.45, 2.75) is 5.92 Å². The summed E-state index contributed by atoms with van der Waals surface area (Å²) >= 11 is 1.67. The fraction of sp³-hybridized carbons (Fsp3) is 0.300. The molecule has 3 rings (SSSR count). The molecule has 0 spiro atoms. The molecule has 0 aromatic heterocycles. The number of amides is 1. The van der Waals surface area contributed by atoms with Crippen LogP contribution in [0, 0.1) is 45.3 Å². The molecule has 2 aliphatic rings. The molecular formula is C20H17N5O2S. The number of thioether (sulfide) groups is 1. The lowest BCUT2D eigenvalue weighted by molar-refractivity contribution is -0.119. The van der Waals surface area contributed by atoms with E-state index in [0.717, 1.165) is 11.3 Å². The van der Waals surface area contributed by atoms with E-state index in [0.29, 0.717) is 17.1 Å². The Balaban J connectivity index is 2.18. The maximum atomic E-state index is 11.0. The summed E-state index contributed by atoms with van der Waals surface area (Å²) < 4.78 is 5.38. The minimum Gasteiger partial charge on any atom is -0.484 e. The van der Waals surface area contributed by atoms with Gasteiger partial charge in [-0.25, -0.2) is 0 Å². The van der Waals surface area contributed by atoms with E-state index in [4.69, 9.17) is 16.2 Å². The number of nitriles is 3. The molecule has 1 aromatic carbocycles. The van der Waals surface area contributed by atoms with E-state index in [-0.39, 0.29) is 23.8 Å². The summed E-state index contributed by atoms with van der Waals surface area (Å²) in [6.45, 7) is -0.277. The van der Waals surface area contributed by atoms with Gasteiger partial charge in [-0.2, -0.15) is 27.5 Å². The lowest BCUT2D eigenvalue weighted by atomic mass is 9.59. The molecule has 7 nitrogen and oxygen atoms in total. The van der Waals surface area contributed by atoms with Crippen molar-refractivity contribution < 1.29 is 9.53 Å². The molecule has 0 saturated carbocycles. The van der Waals surface area contributed by atoms with E-state index in [1.165, 1.54) is 0 Å². The van der Waals surface area contributed by atoms with Gasteiger partial charge >= 0.3 is 0 Å². The average Bonchev–Trinajstić information content (AvgIpc) is 2.71. The molecule has 1 aromatic rings. The number of ether oxygens (including phenoxy) is 1. The smallest absolute Gasteiger partial charge is 0.255 e. The largest absolute Gasteiger partial charge is 0.484 e. The van der Waals surface area contributed by atoms with Crippen molar-refractivity contribution in [1.82, 2.24) is 0 Å². The van der Waals surface area contributed by atoms with Gasteiger partial charge in [-0.05, 0) is 23.3 Å². The minimum absolute atomic E-state index is 0.0112. The minimum atomic E-state index is -1.67. The monoisotopic (exact) mass is 391 g/mol. The summed E-state index contributed by atoms with van der Waals surface area (Å²) in [6.07, 6.45) is 1.95. The molecule has 8 heteroatoms. The number of carbonyl (C=O) groups is 1. The molecule has 140 valence electrons. The van der Waals surface area contributed by atoms with Crippen LogP contribution in [-0.2, 0) is 4.79 Å². The topological polar surface area (TPSA) is 150 Å². The van der Waals surface area contributed by atoms with Crippen molar-refractivity contribution in [3.8, 4) is 24.0 Å². The number of nitrogens with zero attached hydrogens (tertiary/aromatic N) is 3. The first-order valence-electron chi connectivity index (χ1n) is 8.50. The van der Waals surface area contributed by atoms with Crippen LogP contribution in [0.15, 0.2) is 47.2 Å². The third-order valence-corrected chi connectivity index (χ3v) is 6.03. The lowest BCUT2D eigenvalue weighted by Crippen LogP contribution is -2.43. The van der Waals surface area contributed by atoms with Gasteiger partial charge in [-0.15, -0.1) is 0 Å². The molecule has 0 radical (unpaired) electrons. The van der Waals surface area contributed by atoms with Gasteiger partial charge in [0.2, 0.25) is 0 Å². The van der Waals surface area contributed by atoms with Gasteiger partial charge in [0.25, 0.3) is 5.91 Å². The number of benzene rings is 1. The molecule has 1 aliphatic heterocycles. The second-order valence-electron chi connectivity index (χ2n) is 6.54. The Kier molecular flexibility index (Phi) is 5.31. The number of fused-ring (bicyclic) bond motifs is 1. The third kappa shape index (κ3) is 3.07. The van der Waals surface area contributed by atoms with Gasteiger partial charge in [0.05, 0.1) is 23.4 Å². The van der Waals surface area contributed by atoms with Crippen molar-refractivity contribution >= 4 is 17.7 Å². The molecule has 28 heavy (non-hydrogen) atoms. The van der Waals surface area contributed by atoms with Crippen LogP contribution >= 0.6 is 11.8 Å². The van der Waals surface area contributed by atoms with E-state index in [9.17, 15) is 20.6 Å². The van der Waals surface area contributed by atoms with E-state index >= 15 is 0 Å². The quantitative estimate of drug-likeness (QED) is 0.793. The van der Waals surface area contributed by atoms with Gasteiger partial charge in [0, 0.05) is 23.3 Å². The summed E-state index contributed by atoms with van der Waals surface area (Å²) in [4.78, 5) is 11.0. The lowest BCUT2D eigenvalue weighted by Gasteiger charge is -2.43. The average molecular weight is 391 g/mol. The molecule has 0 bridgehead atoms. The Hall–Kier alpha value is -3.41. The third-order valence-electron chi connectivity index (χ3n) is 5.03. The molecule has 0 fully saturated rings. The van der Waals surface area contributed by atoms with Crippen molar-refractivity contribution in [3.63, 3.8) is 0 Å². The highest BCUT2D eigenvalue weighted by atomic mass is 32.2. The van der Waals surface area contributed by atoms with Crippen molar-refractivity contribution in [1.29, 1.82) is 15.8 Å². The molecule has 4 N–H and O–H groups in total. The zero-order valence-electron chi connectivity index (χ0n) is 14.9. The summed E-state index contributed by atoms with van der Waals surface area (Å²) in [7, 11) is 0. The Morgan fingerprint density at radius 1 is 1.32 bits per heavy atom. The Labute approximate surface area is 166 Å². The normalized spacial score (nSPS) is 22.7. The Morgan fingerprint density at radius 3 is 2.71 bits per heavy atom. The number of nitrogens with two attached hydrogens (primary N) is 2. The van der Waals surface area contributed by atoms with Crippen LogP contribution in [0.2, 0.25) is 0 Å². The van der Waals surface area contributed by atoms with Crippen LogP contribution in [0.3, 0.4) is 0 Å². The van der Waals surface area contributed by atoms with Crippen LogP contribution in [0.1, 0.15) is 11.5 Å². The highest BCUT2D eigenvalue weighted by Crippen LogP contribution is 2.55. The first-order chi connectivity index (χ1) is 13.5. The van der Waals surface area contributed by atoms with Crippen LogP contribution in [-0.4, -0.2) is 24.0 Å². The summed E-state index contributed by atoms with van der Waals surface area (Å²) in [5.74, 6) is 0.411. The summed E-state index contributed by atoms with van der Waals surface area (Å²) in [6, 6.07) is 13.1. The van der Waals surface area contributed by atoms with E-state index in [1.54, 1.807) is 36.0 Å². The van der Waals surface area contributed by atoms with Crippen molar-refractivity contribution in [2.75, 3.05) is 18.1 Å². The van der Waals surface area contributed by atoms with Gasteiger partial charge < -0.3 is 16.2 Å². The molecule has 0 unspecified atom stereocenters. The fourth-order valence-corrected chi connectivity index (χ4v) is 4.87. The van der Waals surface area contributed by atoms with Gasteiger partial charge in [0.1, 0.15) is 11.8 Å². The van der Waals surface area contributed by atoms with Crippen LogP contribution in [0.25, 0.3) is 0 Å². The number of rotatable bonds is 4. The number of allylic oxidation sites excluding steroid dienone is 3. The summed E-state index contributed by atoms with van der Waals surface area (Å²) in [5, 5.41) is 29.6.